The first kappa shape index (κ1) is 18.8. The van der Waals surface area contributed by atoms with E-state index in [9.17, 15) is 9.18 Å². The van der Waals surface area contributed by atoms with Gasteiger partial charge in [0.05, 0.1) is 6.54 Å². The van der Waals surface area contributed by atoms with Crippen molar-refractivity contribution in [3.8, 4) is 5.75 Å². The first-order valence-electron chi connectivity index (χ1n) is 9.50. The highest BCUT2D eigenvalue weighted by Gasteiger charge is 2.30. The van der Waals surface area contributed by atoms with Crippen LogP contribution >= 0.6 is 0 Å². The van der Waals surface area contributed by atoms with Crippen LogP contribution in [0.15, 0.2) is 28.8 Å². The molecule has 1 amide bonds. The fraction of sp³-hybridized carbons (Fsp3) is 0.526. The predicted octanol–water partition coefficient (Wildman–Crippen LogP) is 1.61. The number of carbonyl (C=O) groups is 1. The summed E-state index contributed by atoms with van der Waals surface area (Å²) in [4.78, 5) is 20.8. The van der Waals surface area contributed by atoms with Crippen LogP contribution < -0.4 is 4.74 Å². The third kappa shape index (κ3) is 4.66. The molecule has 0 N–H and O–H groups in total. The number of nitrogens with zero attached hydrogens (tertiary/aromatic N) is 4. The minimum Gasteiger partial charge on any atom is -0.485 e. The highest BCUT2D eigenvalue weighted by atomic mass is 19.1. The van der Waals surface area contributed by atoms with E-state index < -0.39 is 0 Å². The van der Waals surface area contributed by atoms with E-state index in [1.807, 2.05) is 4.90 Å². The number of aromatic nitrogens is 2. The van der Waals surface area contributed by atoms with E-state index in [2.05, 4.69) is 15.0 Å². The van der Waals surface area contributed by atoms with Crippen molar-refractivity contribution in [2.45, 2.75) is 32.1 Å². The number of ether oxygens (including phenoxy) is 2. The molecule has 2 saturated heterocycles. The number of hydrogen-bond acceptors (Lipinski definition) is 7. The van der Waals surface area contributed by atoms with Crippen LogP contribution in [-0.4, -0.2) is 64.7 Å². The molecule has 28 heavy (non-hydrogen) atoms. The average Bonchev–Trinajstić information content (AvgIpc) is 3.40. The van der Waals surface area contributed by atoms with Gasteiger partial charge in [-0.25, -0.2) is 4.39 Å². The molecule has 9 heteroatoms. The Morgan fingerprint density at radius 2 is 2.00 bits per heavy atom. The van der Waals surface area contributed by atoms with E-state index in [1.54, 1.807) is 12.1 Å². The largest absolute Gasteiger partial charge is 0.485 e. The van der Waals surface area contributed by atoms with Gasteiger partial charge in [0.15, 0.2) is 6.61 Å². The molecular weight excluding hydrogens is 367 g/mol. The van der Waals surface area contributed by atoms with Gasteiger partial charge in [0.1, 0.15) is 17.7 Å². The zero-order valence-corrected chi connectivity index (χ0v) is 15.6. The molecule has 150 valence electrons. The molecule has 2 aliphatic rings. The number of hydrogen-bond donors (Lipinski definition) is 0. The Morgan fingerprint density at radius 3 is 2.71 bits per heavy atom. The van der Waals surface area contributed by atoms with Crippen LogP contribution in [0, 0.1) is 5.82 Å². The van der Waals surface area contributed by atoms with Crippen molar-refractivity contribution in [1.29, 1.82) is 0 Å². The molecule has 8 nitrogen and oxygen atoms in total. The first-order chi connectivity index (χ1) is 13.7. The maximum Gasteiger partial charge on any atom is 0.251 e. The number of amides is 1. The number of halogens is 1. The van der Waals surface area contributed by atoms with Gasteiger partial charge in [-0.15, -0.1) is 0 Å². The molecule has 2 fully saturated rings. The summed E-state index contributed by atoms with van der Waals surface area (Å²) >= 11 is 0. The molecule has 2 aromatic rings. The van der Waals surface area contributed by atoms with Gasteiger partial charge in [-0.05, 0) is 37.1 Å². The van der Waals surface area contributed by atoms with Crippen LogP contribution in [0.4, 0.5) is 4.39 Å². The summed E-state index contributed by atoms with van der Waals surface area (Å²) in [6.07, 6.45) is 1.52. The van der Waals surface area contributed by atoms with Gasteiger partial charge in [-0.3, -0.25) is 9.69 Å². The second-order valence-corrected chi connectivity index (χ2v) is 6.95. The smallest absolute Gasteiger partial charge is 0.251 e. The Kier molecular flexibility index (Phi) is 5.82. The van der Waals surface area contributed by atoms with Crippen molar-refractivity contribution >= 4 is 5.91 Å². The summed E-state index contributed by atoms with van der Waals surface area (Å²) < 4.78 is 29.2. The van der Waals surface area contributed by atoms with Crippen LogP contribution in [-0.2, 0) is 22.7 Å². The maximum atomic E-state index is 12.9. The Balaban J connectivity index is 1.22. The molecule has 1 aromatic carbocycles. The van der Waals surface area contributed by atoms with Crippen molar-refractivity contribution in [3.63, 3.8) is 0 Å². The minimum atomic E-state index is -0.313. The van der Waals surface area contributed by atoms with Gasteiger partial charge in [0, 0.05) is 32.8 Å². The monoisotopic (exact) mass is 390 g/mol. The SMILES string of the molecule is O=C([C@H]1CCCO1)N1CCN(Cc2nc(COc3ccc(F)cc3)no2)CC1. The fourth-order valence-corrected chi connectivity index (χ4v) is 3.39. The Labute approximate surface area is 162 Å². The zero-order valence-electron chi connectivity index (χ0n) is 15.6. The topological polar surface area (TPSA) is 80.9 Å². The van der Waals surface area contributed by atoms with Crippen molar-refractivity contribution in [2.24, 2.45) is 0 Å². The number of carbonyl (C=O) groups excluding carboxylic acids is 1. The van der Waals surface area contributed by atoms with Gasteiger partial charge in [0.25, 0.3) is 5.91 Å². The van der Waals surface area contributed by atoms with Gasteiger partial charge >= 0.3 is 0 Å². The molecule has 1 atom stereocenters. The van der Waals surface area contributed by atoms with Crippen molar-refractivity contribution in [3.05, 3.63) is 41.8 Å². The molecule has 0 radical (unpaired) electrons. The van der Waals surface area contributed by atoms with Gasteiger partial charge in [0.2, 0.25) is 11.7 Å². The van der Waals surface area contributed by atoms with Crippen LogP contribution in [0.2, 0.25) is 0 Å². The van der Waals surface area contributed by atoms with E-state index in [0.29, 0.717) is 43.7 Å². The number of benzene rings is 1. The number of piperazine rings is 1. The second kappa shape index (κ2) is 8.66. The normalized spacial score (nSPS) is 20.5. The van der Waals surface area contributed by atoms with Gasteiger partial charge in [-0.2, -0.15) is 4.98 Å². The lowest BCUT2D eigenvalue weighted by atomic mass is 10.2. The summed E-state index contributed by atoms with van der Waals surface area (Å²) in [5, 5.41) is 3.92. The van der Waals surface area contributed by atoms with Crippen molar-refractivity contribution in [2.75, 3.05) is 32.8 Å². The lowest BCUT2D eigenvalue weighted by Gasteiger charge is -2.35. The summed E-state index contributed by atoms with van der Waals surface area (Å²) in [6.45, 7) is 4.22. The van der Waals surface area contributed by atoms with Gasteiger partial charge in [-0.1, -0.05) is 5.16 Å². The van der Waals surface area contributed by atoms with E-state index in [0.717, 1.165) is 25.9 Å². The molecule has 0 bridgehead atoms. The van der Waals surface area contributed by atoms with Crippen molar-refractivity contribution in [1.82, 2.24) is 19.9 Å². The first-order valence-corrected chi connectivity index (χ1v) is 9.50. The highest BCUT2D eigenvalue weighted by Crippen LogP contribution is 2.17. The molecule has 0 aliphatic carbocycles. The van der Waals surface area contributed by atoms with E-state index in [-0.39, 0.29) is 24.4 Å². The molecule has 1 aromatic heterocycles. The highest BCUT2D eigenvalue weighted by molar-refractivity contribution is 5.81. The quantitative estimate of drug-likeness (QED) is 0.741. The maximum absolute atomic E-state index is 12.9. The third-order valence-electron chi connectivity index (χ3n) is 4.94. The van der Waals surface area contributed by atoms with Crippen LogP contribution in [0.5, 0.6) is 5.75 Å². The molecule has 2 aliphatic heterocycles. The Hall–Kier alpha value is -2.52. The van der Waals surface area contributed by atoms with Gasteiger partial charge < -0.3 is 18.9 Å². The van der Waals surface area contributed by atoms with Crippen LogP contribution in [0.3, 0.4) is 0 Å². The van der Waals surface area contributed by atoms with E-state index >= 15 is 0 Å². The molecule has 0 spiro atoms. The summed E-state index contributed by atoms with van der Waals surface area (Å²) in [6, 6.07) is 5.77. The van der Waals surface area contributed by atoms with E-state index in [1.165, 1.54) is 12.1 Å². The molecule has 0 saturated carbocycles. The molecule has 3 heterocycles. The van der Waals surface area contributed by atoms with Crippen LogP contribution in [0.25, 0.3) is 0 Å². The summed E-state index contributed by atoms with van der Waals surface area (Å²) in [5.74, 6) is 1.28. The summed E-state index contributed by atoms with van der Waals surface area (Å²) in [7, 11) is 0. The van der Waals surface area contributed by atoms with E-state index in [4.69, 9.17) is 14.0 Å². The van der Waals surface area contributed by atoms with Crippen LogP contribution in [0.1, 0.15) is 24.6 Å². The fourth-order valence-electron chi connectivity index (χ4n) is 3.39. The molecular formula is C19H23FN4O4. The lowest BCUT2D eigenvalue weighted by Crippen LogP contribution is -2.51. The minimum absolute atomic E-state index is 0.107. The molecule has 0 unspecified atom stereocenters. The van der Waals surface area contributed by atoms with Crippen molar-refractivity contribution < 1.29 is 23.2 Å². The third-order valence-corrected chi connectivity index (χ3v) is 4.94. The number of rotatable bonds is 6. The molecule has 4 rings (SSSR count). The average molecular weight is 390 g/mol. The standard InChI is InChI=1S/C19H23FN4O4/c20-14-3-5-15(6-4-14)27-13-17-21-18(28-22-17)12-23-7-9-24(10-8-23)19(25)16-2-1-11-26-16/h3-6,16H,1-2,7-13H2/t16-/m1/s1. The summed E-state index contributed by atoms with van der Waals surface area (Å²) in [5.41, 5.74) is 0. The zero-order chi connectivity index (χ0) is 19.3. The lowest BCUT2D eigenvalue weighted by molar-refractivity contribution is -0.142. The Morgan fingerprint density at radius 1 is 1.21 bits per heavy atom. The predicted molar refractivity (Wildman–Crippen MR) is 95.9 cm³/mol. The second-order valence-electron chi connectivity index (χ2n) is 6.95. The Bertz CT molecular complexity index is 783.